The van der Waals surface area contributed by atoms with Crippen molar-refractivity contribution in [1.82, 2.24) is 0 Å². The smallest absolute Gasteiger partial charge is 0.146 e. The minimum absolute atomic E-state index is 0.291. The van der Waals surface area contributed by atoms with Gasteiger partial charge in [0.15, 0.2) is 0 Å². The van der Waals surface area contributed by atoms with Crippen molar-refractivity contribution in [3.63, 3.8) is 0 Å². The molecule has 2 aromatic rings. The zero-order chi connectivity index (χ0) is 13.8. The molecule has 0 radical (unpaired) electrons. The van der Waals surface area contributed by atoms with Crippen LogP contribution in [0.2, 0.25) is 0 Å². The summed E-state index contributed by atoms with van der Waals surface area (Å²) < 4.78 is 23.9. The first-order valence-electron chi connectivity index (χ1n) is 5.68. The normalized spacial score (nSPS) is 10.1. The average molecular weight is 262 g/mol. The maximum atomic E-state index is 13.7. The Kier molecular flexibility index (Phi) is 3.75. The number of nitrogens with two attached hydrogens (primary N) is 1. The van der Waals surface area contributed by atoms with E-state index in [1.54, 1.807) is 30.3 Å². The van der Waals surface area contributed by atoms with E-state index in [9.17, 15) is 4.39 Å². The molecule has 3 N–H and O–H groups in total. The van der Waals surface area contributed by atoms with Crippen LogP contribution in [0.1, 0.15) is 0 Å². The maximum Gasteiger partial charge on any atom is 0.146 e. The number of ether oxygens (including phenoxy) is 2. The highest BCUT2D eigenvalue weighted by Crippen LogP contribution is 2.33. The van der Waals surface area contributed by atoms with Crippen molar-refractivity contribution in [2.75, 3.05) is 25.3 Å². The lowest BCUT2D eigenvalue weighted by Gasteiger charge is -2.13. The zero-order valence-corrected chi connectivity index (χ0v) is 10.7. The van der Waals surface area contributed by atoms with E-state index in [0.717, 1.165) is 0 Å². The van der Waals surface area contributed by atoms with Crippen LogP contribution in [0.15, 0.2) is 36.4 Å². The molecule has 0 atom stereocenters. The summed E-state index contributed by atoms with van der Waals surface area (Å²) in [5.41, 5.74) is 7.21. The highest BCUT2D eigenvalue weighted by molar-refractivity contribution is 5.77. The van der Waals surface area contributed by atoms with Crippen LogP contribution in [-0.2, 0) is 0 Å². The lowest BCUT2D eigenvalue weighted by molar-refractivity contribution is 0.414. The number of para-hydroxylation sites is 1. The second-order valence-electron chi connectivity index (χ2n) is 3.89. The van der Waals surface area contributed by atoms with E-state index in [0.29, 0.717) is 28.6 Å². The molecule has 0 heterocycles. The van der Waals surface area contributed by atoms with Gasteiger partial charge in [-0.3, -0.25) is 0 Å². The molecule has 0 amide bonds. The van der Waals surface area contributed by atoms with Crippen molar-refractivity contribution in [1.29, 1.82) is 0 Å². The molecule has 0 bridgehead atoms. The molecule has 0 spiro atoms. The number of hydrogen-bond acceptors (Lipinski definition) is 4. The van der Waals surface area contributed by atoms with Crippen molar-refractivity contribution in [3.05, 3.63) is 42.2 Å². The molecule has 0 saturated carbocycles. The molecule has 2 aromatic carbocycles. The number of halogens is 1. The molecule has 0 unspecified atom stereocenters. The van der Waals surface area contributed by atoms with Crippen LogP contribution in [0.25, 0.3) is 0 Å². The van der Waals surface area contributed by atoms with Gasteiger partial charge < -0.3 is 20.5 Å². The fraction of sp³-hybridized carbons (Fsp3) is 0.143. The Morgan fingerprint density at radius 2 is 1.84 bits per heavy atom. The van der Waals surface area contributed by atoms with E-state index < -0.39 is 0 Å². The van der Waals surface area contributed by atoms with Crippen LogP contribution in [0.3, 0.4) is 0 Å². The SMILES string of the molecule is COc1ccc(F)c(Nc2cccc(OC)c2N)c1. The Balaban J connectivity index is 2.36. The standard InChI is InChI=1S/C14H15FN2O2/c1-18-9-6-7-10(15)12(8-9)17-11-4-3-5-13(19-2)14(11)16/h3-8,17H,16H2,1-2H3. The fourth-order valence-electron chi connectivity index (χ4n) is 1.70. The molecule has 0 aliphatic carbocycles. The third kappa shape index (κ3) is 2.70. The molecule has 19 heavy (non-hydrogen) atoms. The lowest BCUT2D eigenvalue weighted by atomic mass is 10.2. The number of methoxy groups -OCH3 is 2. The number of hydrogen-bond donors (Lipinski definition) is 2. The number of benzene rings is 2. The molecule has 5 heteroatoms. The van der Waals surface area contributed by atoms with E-state index in [-0.39, 0.29) is 5.82 Å². The van der Waals surface area contributed by atoms with Crippen LogP contribution in [-0.4, -0.2) is 14.2 Å². The van der Waals surface area contributed by atoms with Gasteiger partial charge in [-0.1, -0.05) is 6.07 Å². The van der Waals surface area contributed by atoms with Gasteiger partial charge in [-0.25, -0.2) is 4.39 Å². The summed E-state index contributed by atoms with van der Waals surface area (Å²) in [6.45, 7) is 0. The minimum Gasteiger partial charge on any atom is -0.497 e. The summed E-state index contributed by atoms with van der Waals surface area (Å²) in [7, 11) is 3.05. The van der Waals surface area contributed by atoms with Gasteiger partial charge in [0, 0.05) is 6.07 Å². The van der Waals surface area contributed by atoms with Gasteiger partial charge in [0.05, 0.1) is 31.3 Å². The fourth-order valence-corrected chi connectivity index (χ4v) is 1.70. The highest BCUT2D eigenvalue weighted by atomic mass is 19.1. The van der Waals surface area contributed by atoms with E-state index >= 15 is 0 Å². The first kappa shape index (κ1) is 13.0. The Morgan fingerprint density at radius 3 is 2.53 bits per heavy atom. The van der Waals surface area contributed by atoms with Gasteiger partial charge in [0.25, 0.3) is 0 Å². The monoisotopic (exact) mass is 262 g/mol. The first-order chi connectivity index (χ1) is 9.15. The average Bonchev–Trinajstić information content (AvgIpc) is 2.43. The number of rotatable bonds is 4. The van der Waals surface area contributed by atoms with Crippen molar-refractivity contribution in [2.45, 2.75) is 0 Å². The van der Waals surface area contributed by atoms with Gasteiger partial charge in [0.1, 0.15) is 17.3 Å². The molecule has 0 aliphatic heterocycles. The summed E-state index contributed by atoms with van der Waals surface area (Å²) in [5, 5.41) is 2.93. The highest BCUT2D eigenvalue weighted by Gasteiger charge is 2.09. The van der Waals surface area contributed by atoms with Crippen LogP contribution < -0.4 is 20.5 Å². The molecule has 0 saturated heterocycles. The summed E-state index contributed by atoms with van der Waals surface area (Å²) >= 11 is 0. The zero-order valence-electron chi connectivity index (χ0n) is 10.7. The van der Waals surface area contributed by atoms with Crippen LogP contribution in [0.4, 0.5) is 21.5 Å². The van der Waals surface area contributed by atoms with Gasteiger partial charge in [-0.2, -0.15) is 0 Å². The van der Waals surface area contributed by atoms with Crippen molar-refractivity contribution in [3.8, 4) is 11.5 Å². The van der Waals surface area contributed by atoms with E-state index in [4.69, 9.17) is 15.2 Å². The molecule has 2 rings (SSSR count). The second-order valence-corrected chi connectivity index (χ2v) is 3.89. The largest absolute Gasteiger partial charge is 0.497 e. The van der Waals surface area contributed by atoms with Gasteiger partial charge in [-0.05, 0) is 24.3 Å². The molecular weight excluding hydrogens is 247 g/mol. The van der Waals surface area contributed by atoms with Gasteiger partial charge in [-0.15, -0.1) is 0 Å². The Morgan fingerprint density at radius 1 is 1.05 bits per heavy atom. The topological polar surface area (TPSA) is 56.5 Å². The quantitative estimate of drug-likeness (QED) is 0.831. The second kappa shape index (κ2) is 5.48. The predicted octanol–water partition coefficient (Wildman–Crippen LogP) is 3.17. The molecule has 100 valence electrons. The van der Waals surface area contributed by atoms with Crippen LogP contribution in [0, 0.1) is 5.82 Å². The predicted molar refractivity (Wildman–Crippen MR) is 73.6 cm³/mol. The Labute approximate surface area is 111 Å². The summed E-state index contributed by atoms with van der Waals surface area (Å²) in [4.78, 5) is 0. The lowest BCUT2D eigenvalue weighted by Crippen LogP contribution is -2.00. The molecule has 0 aliphatic rings. The van der Waals surface area contributed by atoms with E-state index in [1.165, 1.54) is 20.3 Å². The maximum absolute atomic E-state index is 13.7. The summed E-state index contributed by atoms with van der Waals surface area (Å²) in [6.07, 6.45) is 0. The minimum atomic E-state index is -0.386. The molecular formula is C14H15FN2O2. The van der Waals surface area contributed by atoms with Crippen molar-refractivity contribution in [2.24, 2.45) is 0 Å². The van der Waals surface area contributed by atoms with Crippen LogP contribution >= 0.6 is 0 Å². The molecule has 0 aromatic heterocycles. The third-order valence-electron chi connectivity index (χ3n) is 2.73. The summed E-state index contributed by atoms with van der Waals surface area (Å²) in [5.74, 6) is 0.710. The third-order valence-corrected chi connectivity index (χ3v) is 2.73. The summed E-state index contributed by atoms with van der Waals surface area (Å²) in [6, 6.07) is 9.70. The Hall–Kier alpha value is -2.43. The van der Waals surface area contributed by atoms with Gasteiger partial charge >= 0.3 is 0 Å². The van der Waals surface area contributed by atoms with Crippen molar-refractivity contribution < 1.29 is 13.9 Å². The van der Waals surface area contributed by atoms with E-state index in [1.807, 2.05) is 0 Å². The number of nitrogens with one attached hydrogen (secondary N) is 1. The van der Waals surface area contributed by atoms with Gasteiger partial charge in [0.2, 0.25) is 0 Å². The molecule has 0 fully saturated rings. The van der Waals surface area contributed by atoms with E-state index in [2.05, 4.69) is 5.32 Å². The molecule has 4 nitrogen and oxygen atoms in total. The van der Waals surface area contributed by atoms with Crippen molar-refractivity contribution >= 4 is 17.1 Å². The Bertz CT molecular complexity index is 588. The number of anilines is 3. The van der Waals surface area contributed by atoms with Crippen LogP contribution in [0.5, 0.6) is 11.5 Å². The number of nitrogen functional groups attached to an aromatic ring is 1. The first-order valence-corrected chi connectivity index (χ1v) is 5.68.